The largest absolute Gasteiger partial charge is 0.479 e. The van der Waals surface area contributed by atoms with Crippen LogP contribution in [-0.4, -0.2) is 17.2 Å². The maximum absolute atomic E-state index is 13.2. The smallest absolute Gasteiger partial charge is 0.344 e. The lowest BCUT2D eigenvalue weighted by molar-refractivity contribution is -0.144. The zero-order valence-electron chi connectivity index (χ0n) is 13.6. The molecule has 0 fully saturated rings. The van der Waals surface area contributed by atoms with E-state index >= 15 is 0 Å². The Morgan fingerprint density at radius 3 is 2.52 bits per heavy atom. The van der Waals surface area contributed by atoms with E-state index in [4.69, 9.17) is 14.3 Å². The highest BCUT2D eigenvalue weighted by molar-refractivity contribution is 5.96. The van der Waals surface area contributed by atoms with E-state index in [9.17, 15) is 14.0 Å². The van der Waals surface area contributed by atoms with Gasteiger partial charge in [0.2, 0.25) is 0 Å². The van der Waals surface area contributed by atoms with E-state index in [0.717, 1.165) is 5.56 Å². The Hall–Kier alpha value is -3.15. The topological polar surface area (TPSA) is 76.7 Å². The van der Waals surface area contributed by atoms with Crippen molar-refractivity contribution in [1.29, 1.82) is 0 Å². The van der Waals surface area contributed by atoms with Crippen LogP contribution in [0.5, 0.6) is 5.75 Å². The van der Waals surface area contributed by atoms with E-state index in [1.807, 2.05) is 0 Å². The Bertz CT molecular complexity index is 1000. The molecular weight excluding hydrogens is 327 g/mol. The van der Waals surface area contributed by atoms with Gasteiger partial charge in [0, 0.05) is 23.1 Å². The lowest BCUT2D eigenvalue weighted by Gasteiger charge is -2.14. The van der Waals surface area contributed by atoms with E-state index in [-0.39, 0.29) is 11.4 Å². The minimum atomic E-state index is -1.10. The van der Waals surface area contributed by atoms with Crippen LogP contribution in [-0.2, 0) is 4.79 Å². The number of carbonyl (C=O) groups is 1. The molecule has 5 nitrogen and oxygen atoms in total. The first kappa shape index (κ1) is 16.7. The van der Waals surface area contributed by atoms with Crippen molar-refractivity contribution in [3.05, 3.63) is 64.3 Å². The predicted octanol–water partition coefficient (Wildman–Crippen LogP) is 3.76. The average Bonchev–Trinajstić information content (AvgIpc) is 2.54. The second kappa shape index (κ2) is 6.39. The molecule has 0 aliphatic rings. The summed E-state index contributed by atoms with van der Waals surface area (Å²) in [5.74, 6) is -1.18. The number of benzene rings is 2. The lowest BCUT2D eigenvalue weighted by atomic mass is 9.98. The monoisotopic (exact) mass is 342 g/mol. The highest BCUT2D eigenvalue weighted by Gasteiger charge is 2.16. The molecule has 1 aromatic heterocycles. The molecule has 0 amide bonds. The maximum atomic E-state index is 13.2. The number of hydrogen-bond donors (Lipinski definition) is 1. The third kappa shape index (κ3) is 3.38. The van der Waals surface area contributed by atoms with Crippen LogP contribution in [0.1, 0.15) is 12.5 Å². The molecule has 128 valence electrons. The second-order valence-electron chi connectivity index (χ2n) is 5.70. The van der Waals surface area contributed by atoms with Gasteiger partial charge in [0.05, 0.1) is 0 Å². The fraction of sp³-hybridized carbons (Fsp3) is 0.158. The summed E-state index contributed by atoms with van der Waals surface area (Å²) in [6.07, 6.45) is -1.04. The number of ether oxygens (including phenoxy) is 1. The van der Waals surface area contributed by atoms with Crippen molar-refractivity contribution in [2.75, 3.05) is 0 Å². The molecule has 1 atom stereocenters. The quantitative estimate of drug-likeness (QED) is 0.731. The van der Waals surface area contributed by atoms with Crippen LogP contribution in [0.2, 0.25) is 0 Å². The predicted molar refractivity (Wildman–Crippen MR) is 90.3 cm³/mol. The average molecular weight is 342 g/mol. The van der Waals surface area contributed by atoms with Crippen molar-refractivity contribution in [1.82, 2.24) is 0 Å². The number of rotatable bonds is 4. The number of carboxylic acid groups (broad SMARTS) is 1. The van der Waals surface area contributed by atoms with Crippen molar-refractivity contribution < 1.29 is 23.4 Å². The van der Waals surface area contributed by atoms with Gasteiger partial charge in [0.15, 0.2) is 6.10 Å². The first-order valence-corrected chi connectivity index (χ1v) is 7.59. The molecule has 0 aliphatic carbocycles. The first-order chi connectivity index (χ1) is 11.8. The van der Waals surface area contributed by atoms with Gasteiger partial charge in [-0.1, -0.05) is 12.1 Å². The third-order valence-corrected chi connectivity index (χ3v) is 3.83. The van der Waals surface area contributed by atoms with Gasteiger partial charge in [-0.05, 0) is 43.2 Å². The lowest BCUT2D eigenvalue weighted by Crippen LogP contribution is -2.22. The number of hydrogen-bond acceptors (Lipinski definition) is 4. The molecule has 2 aromatic carbocycles. The van der Waals surface area contributed by atoms with Gasteiger partial charge >= 0.3 is 11.6 Å². The van der Waals surface area contributed by atoms with Crippen LogP contribution in [0.4, 0.5) is 4.39 Å². The van der Waals surface area contributed by atoms with Crippen LogP contribution < -0.4 is 10.4 Å². The molecule has 1 heterocycles. The summed E-state index contributed by atoms with van der Waals surface area (Å²) in [6.45, 7) is 3.21. The minimum absolute atomic E-state index is 0.277. The first-order valence-electron chi connectivity index (χ1n) is 7.59. The Morgan fingerprint density at radius 2 is 1.88 bits per heavy atom. The van der Waals surface area contributed by atoms with E-state index in [2.05, 4.69) is 0 Å². The van der Waals surface area contributed by atoms with Crippen LogP contribution in [0.25, 0.3) is 22.1 Å². The minimum Gasteiger partial charge on any atom is -0.479 e. The molecule has 3 rings (SSSR count). The van der Waals surface area contributed by atoms with Crippen molar-refractivity contribution >= 4 is 16.9 Å². The Morgan fingerprint density at radius 1 is 1.20 bits per heavy atom. The maximum Gasteiger partial charge on any atom is 0.344 e. The zero-order valence-corrected chi connectivity index (χ0v) is 13.6. The van der Waals surface area contributed by atoms with Crippen molar-refractivity contribution in [2.45, 2.75) is 20.0 Å². The van der Waals surface area contributed by atoms with Crippen LogP contribution in [0, 0.1) is 12.7 Å². The summed E-state index contributed by atoms with van der Waals surface area (Å²) in [7, 11) is 0. The van der Waals surface area contributed by atoms with Gasteiger partial charge in [-0.15, -0.1) is 0 Å². The standard InChI is InChI=1S/C19H15FO5/c1-10-7-14(24-11(2)19(22)23)8-16-18(10)15(9-17(21)25-16)12-3-5-13(20)6-4-12/h3-9,11H,1-2H3,(H,22,23)/t11-/m1/s1. The number of aryl methyl sites for hydroxylation is 1. The fourth-order valence-corrected chi connectivity index (χ4v) is 2.66. The van der Waals surface area contributed by atoms with Crippen molar-refractivity contribution in [2.24, 2.45) is 0 Å². The Labute approximate surface area is 142 Å². The van der Waals surface area contributed by atoms with Crippen molar-refractivity contribution in [3.8, 4) is 16.9 Å². The molecule has 1 N–H and O–H groups in total. The normalized spacial score (nSPS) is 12.1. The second-order valence-corrected chi connectivity index (χ2v) is 5.70. The molecule has 0 saturated heterocycles. The van der Waals surface area contributed by atoms with Gasteiger partial charge in [-0.25, -0.2) is 14.0 Å². The molecule has 6 heteroatoms. The molecule has 0 radical (unpaired) electrons. The molecule has 0 aliphatic heterocycles. The van der Waals surface area contributed by atoms with Crippen LogP contribution >= 0.6 is 0 Å². The van der Waals surface area contributed by atoms with Gasteiger partial charge < -0.3 is 14.3 Å². The summed E-state index contributed by atoms with van der Waals surface area (Å²) in [5, 5.41) is 9.64. The van der Waals surface area contributed by atoms with Crippen LogP contribution in [0.15, 0.2) is 51.7 Å². The summed E-state index contributed by atoms with van der Waals surface area (Å²) < 4.78 is 23.8. The Kier molecular flexibility index (Phi) is 4.27. The molecule has 25 heavy (non-hydrogen) atoms. The van der Waals surface area contributed by atoms with Gasteiger partial charge in [0.25, 0.3) is 0 Å². The van der Waals surface area contributed by atoms with E-state index in [1.54, 1.807) is 25.1 Å². The third-order valence-electron chi connectivity index (χ3n) is 3.83. The number of fused-ring (bicyclic) bond motifs is 1. The summed E-state index contributed by atoms with van der Waals surface area (Å²) in [6, 6.07) is 10.3. The van der Waals surface area contributed by atoms with E-state index < -0.39 is 17.7 Å². The molecule has 0 saturated carbocycles. The summed E-state index contributed by atoms with van der Waals surface area (Å²) in [4.78, 5) is 22.9. The molecule has 0 bridgehead atoms. The van der Waals surface area contributed by atoms with E-state index in [0.29, 0.717) is 22.3 Å². The number of carboxylic acids is 1. The molecule has 0 spiro atoms. The Balaban J connectivity index is 2.18. The molecule has 0 unspecified atom stereocenters. The summed E-state index contributed by atoms with van der Waals surface area (Å²) in [5.41, 5.74) is 1.75. The number of halogens is 1. The summed E-state index contributed by atoms with van der Waals surface area (Å²) >= 11 is 0. The highest BCUT2D eigenvalue weighted by Crippen LogP contribution is 2.33. The zero-order chi connectivity index (χ0) is 18.1. The van der Waals surface area contributed by atoms with E-state index in [1.165, 1.54) is 31.2 Å². The number of aliphatic carboxylic acids is 1. The van der Waals surface area contributed by atoms with Gasteiger partial charge in [0.1, 0.15) is 17.1 Å². The van der Waals surface area contributed by atoms with Crippen molar-refractivity contribution in [3.63, 3.8) is 0 Å². The fourth-order valence-electron chi connectivity index (χ4n) is 2.66. The van der Waals surface area contributed by atoms with Gasteiger partial charge in [-0.2, -0.15) is 0 Å². The van der Waals surface area contributed by atoms with Crippen LogP contribution in [0.3, 0.4) is 0 Å². The molecular formula is C19H15FO5. The highest BCUT2D eigenvalue weighted by atomic mass is 19.1. The SMILES string of the molecule is Cc1cc(O[C@H](C)C(=O)O)cc2oc(=O)cc(-c3ccc(F)cc3)c12. The molecule has 3 aromatic rings. The van der Waals surface area contributed by atoms with Gasteiger partial charge in [-0.3, -0.25) is 0 Å².